The lowest BCUT2D eigenvalue weighted by Crippen LogP contribution is -2.47. The van der Waals surface area contributed by atoms with Gasteiger partial charge in [0.2, 0.25) is 0 Å². The van der Waals surface area contributed by atoms with Crippen LogP contribution >= 0.6 is 0 Å². The van der Waals surface area contributed by atoms with E-state index in [0.717, 1.165) is 81.9 Å². The first-order chi connectivity index (χ1) is 13.2. The van der Waals surface area contributed by atoms with Gasteiger partial charge in [0, 0.05) is 45.2 Å². The smallest absolute Gasteiger partial charge is 0.191 e. The van der Waals surface area contributed by atoms with E-state index in [2.05, 4.69) is 20.7 Å². The first kappa shape index (κ1) is 19.4. The van der Waals surface area contributed by atoms with Crippen LogP contribution in [-0.2, 0) is 24.1 Å². The standard InChI is InChI=1S/C19H30N6O2/c1-3-26-12-5-10-20-19(21-11-9-17-6-4-13-27-17)23-16-7-8-18-22-15(2)24-25(18)14-16/h4,6,13,16H,3,5,7-12,14H2,1-2H3,(H2,20,21,23). The summed E-state index contributed by atoms with van der Waals surface area (Å²) in [4.78, 5) is 9.18. The molecule has 148 valence electrons. The van der Waals surface area contributed by atoms with Gasteiger partial charge in [-0.3, -0.25) is 4.99 Å². The number of furan rings is 1. The number of nitrogens with zero attached hydrogens (tertiary/aromatic N) is 4. The number of rotatable bonds is 9. The first-order valence-electron chi connectivity index (χ1n) is 9.80. The van der Waals surface area contributed by atoms with Gasteiger partial charge in [-0.2, -0.15) is 5.10 Å². The van der Waals surface area contributed by atoms with Crippen molar-refractivity contribution in [3.8, 4) is 0 Å². The van der Waals surface area contributed by atoms with Crippen molar-refractivity contribution < 1.29 is 9.15 Å². The lowest BCUT2D eigenvalue weighted by Gasteiger charge is -2.25. The summed E-state index contributed by atoms with van der Waals surface area (Å²) in [5.41, 5.74) is 0. The maximum Gasteiger partial charge on any atom is 0.191 e. The molecule has 0 radical (unpaired) electrons. The molecule has 0 fully saturated rings. The topological polar surface area (TPSA) is 89.5 Å². The van der Waals surface area contributed by atoms with Gasteiger partial charge in [0.15, 0.2) is 5.96 Å². The Hall–Kier alpha value is -2.35. The van der Waals surface area contributed by atoms with Crippen molar-refractivity contribution >= 4 is 5.96 Å². The van der Waals surface area contributed by atoms with Crippen LogP contribution in [0.5, 0.6) is 0 Å². The number of fused-ring (bicyclic) bond motifs is 1. The highest BCUT2D eigenvalue weighted by Gasteiger charge is 2.21. The number of hydrogen-bond donors (Lipinski definition) is 2. The van der Waals surface area contributed by atoms with E-state index in [1.54, 1.807) is 6.26 Å². The number of nitrogens with one attached hydrogen (secondary N) is 2. The molecule has 3 heterocycles. The van der Waals surface area contributed by atoms with Crippen LogP contribution in [0.15, 0.2) is 27.8 Å². The Balaban J connectivity index is 1.52. The van der Waals surface area contributed by atoms with Crippen LogP contribution in [0.2, 0.25) is 0 Å². The molecule has 27 heavy (non-hydrogen) atoms. The Labute approximate surface area is 160 Å². The zero-order valence-electron chi connectivity index (χ0n) is 16.3. The van der Waals surface area contributed by atoms with Crippen LogP contribution in [-0.4, -0.2) is 53.1 Å². The summed E-state index contributed by atoms with van der Waals surface area (Å²) >= 11 is 0. The highest BCUT2D eigenvalue weighted by Crippen LogP contribution is 2.12. The molecular formula is C19H30N6O2. The molecule has 2 aromatic heterocycles. The highest BCUT2D eigenvalue weighted by molar-refractivity contribution is 5.80. The number of aryl methyl sites for hydroxylation is 2. The average molecular weight is 374 g/mol. The molecule has 2 aromatic rings. The molecule has 8 heteroatoms. The molecule has 8 nitrogen and oxygen atoms in total. The van der Waals surface area contributed by atoms with E-state index in [4.69, 9.17) is 14.1 Å². The summed E-state index contributed by atoms with van der Waals surface area (Å²) < 4.78 is 12.8. The van der Waals surface area contributed by atoms with Gasteiger partial charge in [0.1, 0.15) is 17.4 Å². The molecule has 1 aliphatic rings. The van der Waals surface area contributed by atoms with E-state index in [1.165, 1.54) is 0 Å². The van der Waals surface area contributed by atoms with Crippen molar-refractivity contribution in [2.75, 3.05) is 26.3 Å². The zero-order valence-corrected chi connectivity index (χ0v) is 16.3. The fourth-order valence-electron chi connectivity index (χ4n) is 3.16. The third-order valence-electron chi connectivity index (χ3n) is 4.47. The highest BCUT2D eigenvalue weighted by atomic mass is 16.5. The van der Waals surface area contributed by atoms with E-state index in [9.17, 15) is 0 Å². The molecule has 1 unspecified atom stereocenters. The second-order valence-corrected chi connectivity index (χ2v) is 6.67. The summed E-state index contributed by atoms with van der Waals surface area (Å²) in [6.07, 6.45) is 5.40. The van der Waals surface area contributed by atoms with Gasteiger partial charge >= 0.3 is 0 Å². The SMILES string of the molecule is CCOCCCN=C(NCCc1ccco1)NC1CCc2nc(C)nn2C1. The molecule has 3 rings (SSSR count). The second-order valence-electron chi connectivity index (χ2n) is 6.67. The summed E-state index contributed by atoms with van der Waals surface area (Å²) in [6, 6.07) is 4.19. The normalized spacial score (nSPS) is 17.0. The summed E-state index contributed by atoms with van der Waals surface area (Å²) in [6.45, 7) is 7.75. The minimum Gasteiger partial charge on any atom is -0.469 e. The molecule has 0 saturated carbocycles. The van der Waals surface area contributed by atoms with Crippen LogP contribution in [0.4, 0.5) is 0 Å². The van der Waals surface area contributed by atoms with E-state index < -0.39 is 0 Å². The van der Waals surface area contributed by atoms with Crippen LogP contribution in [0.3, 0.4) is 0 Å². The van der Waals surface area contributed by atoms with Crippen LogP contribution in [0.1, 0.15) is 37.2 Å². The molecular weight excluding hydrogens is 344 g/mol. The third kappa shape index (κ3) is 6.09. The zero-order chi connectivity index (χ0) is 18.9. The number of hydrogen-bond acceptors (Lipinski definition) is 5. The molecule has 1 aliphatic heterocycles. The maximum absolute atomic E-state index is 5.40. The van der Waals surface area contributed by atoms with Crippen LogP contribution in [0.25, 0.3) is 0 Å². The lowest BCUT2D eigenvalue weighted by atomic mass is 10.1. The van der Waals surface area contributed by atoms with E-state index in [1.807, 2.05) is 30.7 Å². The van der Waals surface area contributed by atoms with Crippen molar-refractivity contribution in [3.05, 3.63) is 35.8 Å². The molecule has 0 saturated heterocycles. The molecule has 0 spiro atoms. The lowest BCUT2D eigenvalue weighted by molar-refractivity contribution is 0.146. The largest absolute Gasteiger partial charge is 0.469 e. The number of aliphatic imine (C=N–C) groups is 1. The van der Waals surface area contributed by atoms with Crippen molar-refractivity contribution in [1.82, 2.24) is 25.4 Å². The molecule has 2 N–H and O–H groups in total. The fraction of sp³-hybridized carbons (Fsp3) is 0.632. The van der Waals surface area contributed by atoms with Crippen molar-refractivity contribution in [3.63, 3.8) is 0 Å². The monoisotopic (exact) mass is 374 g/mol. The quantitative estimate of drug-likeness (QED) is 0.394. The fourth-order valence-corrected chi connectivity index (χ4v) is 3.16. The van der Waals surface area contributed by atoms with E-state index >= 15 is 0 Å². The second kappa shape index (κ2) is 10.1. The maximum atomic E-state index is 5.40. The molecule has 0 bridgehead atoms. The molecule has 0 aromatic carbocycles. The predicted molar refractivity (Wildman–Crippen MR) is 104 cm³/mol. The van der Waals surface area contributed by atoms with Crippen molar-refractivity contribution in [1.29, 1.82) is 0 Å². The van der Waals surface area contributed by atoms with Gasteiger partial charge in [-0.1, -0.05) is 0 Å². The van der Waals surface area contributed by atoms with Crippen molar-refractivity contribution in [2.24, 2.45) is 4.99 Å². The van der Waals surface area contributed by atoms with Gasteiger partial charge < -0.3 is 19.8 Å². The molecule has 0 aliphatic carbocycles. The molecule has 1 atom stereocenters. The Bertz CT molecular complexity index is 710. The Morgan fingerprint density at radius 3 is 3.22 bits per heavy atom. The van der Waals surface area contributed by atoms with Gasteiger partial charge in [0.05, 0.1) is 12.8 Å². The Kier molecular flexibility index (Phi) is 7.27. The van der Waals surface area contributed by atoms with Crippen molar-refractivity contribution in [2.45, 2.75) is 52.1 Å². The summed E-state index contributed by atoms with van der Waals surface area (Å²) in [5, 5.41) is 11.5. The van der Waals surface area contributed by atoms with Gasteiger partial charge in [0.25, 0.3) is 0 Å². The van der Waals surface area contributed by atoms with E-state index in [-0.39, 0.29) is 0 Å². The molecule has 0 amide bonds. The number of ether oxygens (including phenoxy) is 1. The average Bonchev–Trinajstić information content (AvgIpc) is 3.29. The predicted octanol–water partition coefficient (Wildman–Crippen LogP) is 1.70. The van der Waals surface area contributed by atoms with Gasteiger partial charge in [-0.05, 0) is 38.8 Å². The minimum absolute atomic E-state index is 0.292. The van der Waals surface area contributed by atoms with E-state index in [0.29, 0.717) is 6.04 Å². The number of guanidine groups is 1. The van der Waals surface area contributed by atoms with Gasteiger partial charge in [-0.25, -0.2) is 9.67 Å². The first-order valence-corrected chi connectivity index (χ1v) is 9.80. The third-order valence-corrected chi connectivity index (χ3v) is 4.47. The Morgan fingerprint density at radius 1 is 1.48 bits per heavy atom. The summed E-state index contributed by atoms with van der Waals surface area (Å²) in [5.74, 6) is 3.72. The summed E-state index contributed by atoms with van der Waals surface area (Å²) in [7, 11) is 0. The van der Waals surface area contributed by atoms with Crippen LogP contribution in [0, 0.1) is 6.92 Å². The van der Waals surface area contributed by atoms with Gasteiger partial charge in [-0.15, -0.1) is 0 Å². The minimum atomic E-state index is 0.292. The Morgan fingerprint density at radius 2 is 2.41 bits per heavy atom. The number of aromatic nitrogens is 3. The van der Waals surface area contributed by atoms with Crippen LogP contribution < -0.4 is 10.6 Å².